The normalized spacial score (nSPS) is 18.8. The predicted octanol–water partition coefficient (Wildman–Crippen LogP) is 2.86. The summed E-state index contributed by atoms with van der Waals surface area (Å²) in [6.07, 6.45) is 1.76. The molecule has 3 N–H and O–H groups in total. The SMILES string of the molecule is COC(=O)CCC(O)=C1C(=O)CCCC1=Nc1ccc(N)cc1. The number of hydrogen-bond donors (Lipinski definition) is 2. The molecule has 0 aromatic heterocycles. The fourth-order valence-electron chi connectivity index (χ4n) is 2.42. The Kier molecular flexibility index (Phi) is 5.51. The van der Waals surface area contributed by atoms with Crippen LogP contribution >= 0.6 is 0 Å². The number of carbonyl (C=O) groups excluding carboxylic acids is 2. The molecule has 122 valence electrons. The van der Waals surface area contributed by atoms with Crippen LogP contribution in [0.4, 0.5) is 11.4 Å². The minimum absolute atomic E-state index is 0.0221. The molecular formula is C17H20N2O4. The number of hydrogen-bond acceptors (Lipinski definition) is 6. The number of allylic oxidation sites excluding steroid dienone is 2. The molecule has 6 heteroatoms. The highest BCUT2D eigenvalue weighted by molar-refractivity contribution is 6.24. The van der Waals surface area contributed by atoms with Crippen molar-refractivity contribution < 1.29 is 19.4 Å². The van der Waals surface area contributed by atoms with Crippen molar-refractivity contribution in [2.24, 2.45) is 4.99 Å². The lowest BCUT2D eigenvalue weighted by Crippen LogP contribution is -2.21. The second-order valence-electron chi connectivity index (χ2n) is 5.32. The van der Waals surface area contributed by atoms with Crippen molar-refractivity contribution in [2.75, 3.05) is 12.8 Å². The number of nitrogens with zero attached hydrogens (tertiary/aromatic N) is 1. The third-order valence-electron chi connectivity index (χ3n) is 3.62. The summed E-state index contributed by atoms with van der Waals surface area (Å²) in [5.74, 6) is -0.681. The Bertz CT molecular complexity index is 660. The first-order chi connectivity index (χ1) is 11.0. The summed E-state index contributed by atoms with van der Waals surface area (Å²) < 4.78 is 4.55. The summed E-state index contributed by atoms with van der Waals surface area (Å²) in [6, 6.07) is 6.96. The molecule has 0 saturated heterocycles. The van der Waals surface area contributed by atoms with E-state index in [-0.39, 0.29) is 30.0 Å². The smallest absolute Gasteiger partial charge is 0.305 e. The van der Waals surface area contributed by atoms with Crippen molar-refractivity contribution in [3.63, 3.8) is 0 Å². The molecular weight excluding hydrogens is 296 g/mol. The quantitative estimate of drug-likeness (QED) is 0.385. The summed E-state index contributed by atoms with van der Waals surface area (Å²) >= 11 is 0. The molecule has 1 saturated carbocycles. The van der Waals surface area contributed by atoms with Crippen LogP contribution in [0, 0.1) is 0 Å². The van der Waals surface area contributed by atoms with Crippen LogP contribution in [0.25, 0.3) is 0 Å². The van der Waals surface area contributed by atoms with Gasteiger partial charge in [-0.2, -0.15) is 0 Å². The molecule has 1 fully saturated rings. The maximum Gasteiger partial charge on any atom is 0.305 e. The van der Waals surface area contributed by atoms with Gasteiger partial charge in [-0.3, -0.25) is 14.6 Å². The number of aliphatic hydroxyl groups excluding tert-OH is 1. The summed E-state index contributed by atoms with van der Waals surface area (Å²) in [5.41, 5.74) is 7.72. The van der Waals surface area contributed by atoms with Crippen molar-refractivity contribution in [3.8, 4) is 0 Å². The Hall–Kier alpha value is -2.63. The Morgan fingerprint density at radius 3 is 2.61 bits per heavy atom. The van der Waals surface area contributed by atoms with E-state index in [1.54, 1.807) is 24.3 Å². The number of nitrogen functional groups attached to an aromatic ring is 1. The lowest BCUT2D eigenvalue weighted by molar-refractivity contribution is -0.140. The maximum atomic E-state index is 12.2. The lowest BCUT2D eigenvalue weighted by atomic mass is 9.89. The van der Waals surface area contributed by atoms with Crippen molar-refractivity contribution >= 4 is 28.8 Å². The summed E-state index contributed by atoms with van der Waals surface area (Å²) in [6.45, 7) is 0. The topological polar surface area (TPSA) is 102 Å². The van der Waals surface area contributed by atoms with Gasteiger partial charge in [-0.05, 0) is 37.1 Å². The molecule has 0 spiro atoms. The van der Waals surface area contributed by atoms with Gasteiger partial charge in [0.15, 0.2) is 5.78 Å². The van der Waals surface area contributed by atoms with Crippen LogP contribution in [0.5, 0.6) is 0 Å². The average Bonchev–Trinajstić information content (AvgIpc) is 2.54. The highest BCUT2D eigenvalue weighted by Crippen LogP contribution is 2.25. The average molecular weight is 316 g/mol. The van der Waals surface area contributed by atoms with Gasteiger partial charge in [-0.1, -0.05) is 0 Å². The molecule has 0 heterocycles. The van der Waals surface area contributed by atoms with E-state index in [0.717, 1.165) is 0 Å². The van der Waals surface area contributed by atoms with E-state index in [1.807, 2.05) is 0 Å². The number of ether oxygens (including phenoxy) is 1. The molecule has 1 aliphatic rings. The second kappa shape index (κ2) is 7.58. The Morgan fingerprint density at radius 1 is 1.26 bits per heavy atom. The first-order valence-corrected chi connectivity index (χ1v) is 7.47. The standard InChI is InChI=1S/C17H20N2O4/c1-23-16(22)10-9-15(21)17-13(3-2-4-14(17)20)19-12-7-5-11(18)6-8-12/h5-8,21H,2-4,9-10,18H2,1H3. The van der Waals surface area contributed by atoms with Gasteiger partial charge in [-0.25, -0.2) is 0 Å². The van der Waals surface area contributed by atoms with Crippen molar-refractivity contribution in [2.45, 2.75) is 32.1 Å². The van der Waals surface area contributed by atoms with Gasteiger partial charge in [0, 0.05) is 18.5 Å². The number of aliphatic imine (C=N–C) groups is 1. The lowest BCUT2D eigenvalue weighted by Gasteiger charge is -2.17. The van der Waals surface area contributed by atoms with E-state index >= 15 is 0 Å². The highest BCUT2D eigenvalue weighted by Gasteiger charge is 2.25. The van der Waals surface area contributed by atoms with Crippen molar-refractivity contribution in [3.05, 3.63) is 35.6 Å². The molecule has 0 aliphatic heterocycles. The van der Waals surface area contributed by atoms with Crippen LogP contribution < -0.4 is 5.73 Å². The van der Waals surface area contributed by atoms with Crippen LogP contribution in [0.15, 0.2) is 40.6 Å². The molecule has 0 amide bonds. The van der Waals surface area contributed by atoms with Gasteiger partial charge < -0.3 is 15.6 Å². The first-order valence-electron chi connectivity index (χ1n) is 7.47. The summed E-state index contributed by atoms with van der Waals surface area (Å²) in [4.78, 5) is 27.8. The third-order valence-corrected chi connectivity index (χ3v) is 3.62. The summed E-state index contributed by atoms with van der Waals surface area (Å²) in [5, 5.41) is 10.2. The molecule has 0 bridgehead atoms. The van der Waals surface area contributed by atoms with Gasteiger partial charge in [0.1, 0.15) is 5.76 Å². The number of aliphatic hydroxyl groups is 1. The number of benzene rings is 1. The van der Waals surface area contributed by atoms with Crippen LogP contribution in [0.3, 0.4) is 0 Å². The molecule has 0 atom stereocenters. The molecule has 0 unspecified atom stereocenters. The van der Waals surface area contributed by atoms with Crippen molar-refractivity contribution in [1.29, 1.82) is 0 Å². The van der Waals surface area contributed by atoms with Crippen LogP contribution in [-0.4, -0.2) is 29.7 Å². The van der Waals surface area contributed by atoms with Crippen molar-refractivity contribution in [1.82, 2.24) is 0 Å². The molecule has 23 heavy (non-hydrogen) atoms. The zero-order valence-corrected chi connectivity index (χ0v) is 13.0. The van der Waals surface area contributed by atoms with E-state index < -0.39 is 5.97 Å². The van der Waals surface area contributed by atoms with E-state index in [9.17, 15) is 14.7 Å². The molecule has 1 aromatic carbocycles. The number of nitrogens with two attached hydrogens (primary N) is 1. The van der Waals surface area contributed by atoms with Crippen LogP contribution in [0.2, 0.25) is 0 Å². The minimum atomic E-state index is -0.433. The summed E-state index contributed by atoms with van der Waals surface area (Å²) in [7, 11) is 1.28. The number of carbonyl (C=O) groups is 2. The second-order valence-corrected chi connectivity index (χ2v) is 5.32. The van der Waals surface area contributed by atoms with Gasteiger partial charge in [0.05, 0.1) is 30.5 Å². The maximum absolute atomic E-state index is 12.2. The van der Waals surface area contributed by atoms with Gasteiger partial charge in [0.25, 0.3) is 0 Å². The van der Waals surface area contributed by atoms with E-state index in [4.69, 9.17) is 5.73 Å². The van der Waals surface area contributed by atoms with E-state index in [2.05, 4.69) is 9.73 Å². The van der Waals surface area contributed by atoms with Gasteiger partial charge in [-0.15, -0.1) is 0 Å². The molecule has 1 aromatic rings. The molecule has 2 rings (SSSR count). The number of rotatable bonds is 4. The molecule has 0 radical (unpaired) electrons. The number of methoxy groups -OCH3 is 1. The fraction of sp³-hybridized carbons (Fsp3) is 0.353. The van der Waals surface area contributed by atoms with Crippen LogP contribution in [-0.2, 0) is 14.3 Å². The van der Waals surface area contributed by atoms with E-state index in [0.29, 0.717) is 36.3 Å². The third kappa shape index (κ3) is 4.42. The highest BCUT2D eigenvalue weighted by atomic mass is 16.5. The van der Waals surface area contributed by atoms with E-state index in [1.165, 1.54) is 7.11 Å². The van der Waals surface area contributed by atoms with Gasteiger partial charge >= 0.3 is 5.97 Å². The predicted molar refractivity (Wildman–Crippen MR) is 87.7 cm³/mol. The first kappa shape index (κ1) is 16.7. The number of anilines is 1. The zero-order valence-electron chi connectivity index (χ0n) is 13.0. The Labute approximate surface area is 134 Å². The number of esters is 1. The Balaban J connectivity index is 2.29. The monoisotopic (exact) mass is 316 g/mol. The fourth-order valence-corrected chi connectivity index (χ4v) is 2.42. The number of Topliss-reactive ketones (excluding diaryl/α,β-unsaturated/α-hetero) is 1. The Morgan fingerprint density at radius 2 is 1.96 bits per heavy atom. The van der Waals surface area contributed by atoms with Crippen LogP contribution in [0.1, 0.15) is 32.1 Å². The largest absolute Gasteiger partial charge is 0.511 e. The zero-order chi connectivity index (χ0) is 16.8. The minimum Gasteiger partial charge on any atom is -0.511 e. The number of ketones is 1. The molecule has 1 aliphatic carbocycles. The molecule has 6 nitrogen and oxygen atoms in total. The van der Waals surface area contributed by atoms with Gasteiger partial charge in [0.2, 0.25) is 0 Å².